The van der Waals surface area contributed by atoms with Crippen LogP contribution >= 0.6 is 0 Å². The van der Waals surface area contributed by atoms with Crippen LogP contribution in [-0.4, -0.2) is 0 Å². The third-order valence-electron chi connectivity index (χ3n) is 16.2. The molecule has 0 spiro atoms. The van der Waals surface area contributed by atoms with E-state index in [1.165, 1.54) is 112 Å². The normalized spacial score (nSPS) is 11.0. The number of aryl methyl sites for hydroxylation is 11. The maximum Gasteiger partial charge on any atom is 0.212 e. The largest absolute Gasteiger partial charge is 0.212 e. The van der Waals surface area contributed by atoms with Crippen LogP contribution in [0.4, 0.5) is 0 Å². The fourth-order valence-corrected chi connectivity index (χ4v) is 11.3. The van der Waals surface area contributed by atoms with E-state index < -0.39 is 0 Å². The van der Waals surface area contributed by atoms with Crippen LogP contribution in [0.1, 0.15) is 131 Å². The second kappa shape index (κ2) is 32.7. The molecule has 0 atom stereocenters. The van der Waals surface area contributed by atoms with E-state index in [-0.39, 0.29) is 0 Å². The zero-order chi connectivity index (χ0) is 64.2. The van der Waals surface area contributed by atoms with Gasteiger partial charge in [-0.25, -0.2) is 22.8 Å². The highest BCUT2D eigenvalue weighted by Gasteiger charge is 2.19. The Morgan fingerprint density at radius 3 is 1.00 bits per heavy atom. The SMILES string of the molecule is CCc1cc[n+](C)c(-c2ccccc2C)c1.Cc1ccccc1-c1cc(C(C)C)cc[n+]1C.Cc1ccccc1-c1cc(CC(C)C)cc[n+]1C.Cc1ccccc1-c1ccc(CC(C)(C)C)c[n+]1C.Cc1ccccc1-c1ccc(CC(C)C)c[n+]1C. The van der Waals surface area contributed by atoms with Gasteiger partial charge in [0.1, 0.15) is 35.2 Å². The summed E-state index contributed by atoms with van der Waals surface area (Å²) in [6, 6.07) is 65.2. The molecule has 10 aromatic rings. The predicted octanol–water partition coefficient (Wildman–Crippen LogP) is 18.1. The molecule has 5 heterocycles. The van der Waals surface area contributed by atoms with Crippen molar-refractivity contribution in [2.75, 3.05) is 0 Å². The van der Waals surface area contributed by atoms with Crippen molar-refractivity contribution >= 4 is 0 Å². The molecule has 0 bridgehead atoms. The first-order valence-corrected chi connectivity index (χ1v) is 32.1. The van der Waals surface area contributed by atoms with E-state index in [0.717, 1.165) is 25.7 Å². The van der Waals surface area contributed by atoms with Crippen molar-refractivity contribution in [3.05, 3.63) is 269 Å². The van der Waals surface area contributed by atoms with Gasteiger partial charge in [-0.1, -0.05) is 160 Å². The van der Waals surface area contributed by atoms with Gasteiger partial charge in [0, 0.05) is 87.5 Å². The van der Waals surface area contributed by atoms with Crippen molar-refractivity contribution < 1.29 is 22.8 Å². The number of hydrogen-bond acceptors (Lipinski definition) is 0. The van der Waals surface area contributed by atoms with Gasteiger partial charge in [0.2, 0.25) is 28.5 Å². The topological polar surface area (TPSA) is 19.4 Å². The fraction of sp³-hybridized carbons (Fsp3) is 0.337. The lowest BCUT2D eigenvalue weighted by molar-refractivity contribution is -0.661. The highest BCUT2D eigenvalue weighted by Crippen LogP contribution is 2.27. The third kappa shape index (κ3) is 20.2. The number of benzene rings is 5. The molecule has 0 saturated carbocycles. The highest BCUT2D eigenvalue weighted by atomic mass is 14.9. The van der Waals surface area contributed by atoms with Crippen LogP contribution in [0.2, 0.25) is 0 Å². The van der Waals surface area contributed by atoms with Gasteiger partial charge in [0.15, 0.2) is 31.0 Å². The van der Waals surface area contributed by atoms with Gasteiger partial charge in [0.25, 0.3) is 0 Å². The summed E-state index contributed by atoms with van der Waals surface area (Å²) in [5.41, 5.74) is 27.0. The van der Waals surface area contributed by atoms with Crippen molar-refractivity contribution in [1.82, 2.24) is 0 Å². The highest BCUT2D eigenvalue weighted by molar-refractivity contribution is 5.64. The molecule has 5 aromatic heterocycles. The summed E-state index contributed by atoms with van der Waals surface area (Å²) in [5, 5.41) is 0. The Morgan fingerprint density at radius 1 is 0.330 bits per heavy atom. The summed E-state index contributed by atoms with van der Waals surface area (Å²) >= 11 is 0. The number of aromatic nitrogens is 5. The van der Waals surface area contributed by atoms with Crippen molar-refractivity contribution in [3.63, 3.8) is 0 Å². The van der Waals surface area contributed by atoms with E-state index >= 15 is 0 Å². The summed E-state index contributed by atoms with van der Waals surface area (Å²) in [6.45, 7) is 33.4. The average molecular weight is 1170 g/mol. The van der Waals surface area contributed by atoms with Crippen LogP contribution in [0.15, 0.2) is 213 Å². The van der Waals surface area contributed by atoms with Gasteiger partial charge in [-0.2, -0.15) is 0 Å². The first kappa shape index (κ1) is 69.0. The summed E-state index contributed by atoms with van der Waals surface area (Å²) in [4.78, 5) is 0. The Balaban J connectivity index is 0.000000176. The summed E-state index contributed by atoms with van der Waals surface area (Å²) in [5.74, 6) is 1.97. The Bertz CT molecular complexity index is 3850. The van der Waals surface area contributed by atoms with Crippen molar-refractivity contribution in [2.45, 2.75) is 135 Å². The molecule has 0 aliphatic rings. The standard InChI is InChI=1S/C18H24N.2C17H22N.C16H20N.C15H18N/c1-14-8-6-7-9-16(14)17-11-10-15(13-19(17)5)12-18(2,3)4;1-13(2)11-15-9-10-18(4)17(12-15)16-8-6-5-7-14(16)3;1-13(2)11-15-9-10-17(18(4)12-15)16-8-6-5-7-14(16)3;1-12(2)14-9-10-17(4)16(11-14)15-8-6-5-7-13(15)3;1-4-13-9-10-16(3)15(11-13)14-8-6-5-7-12(14)2/h6-11,13H,12H2,1-5H3;2*5-10,12-13H,11H2,1-4H3;5-12H,1-4H3;5-11H,4H2,1-3H3/q5*+1. The fourth-order valence-electron chi connectivity index (χ4n) is 11.3. The molecule has 0 saturated heterocycles. The number of rotatable bonds is 12. The molecular weight excluding hydrogens is 1070 g/mol. The van der Waals surface area contributed by atoms with E-state index in [4.69, 9.17) is 0 Å². The quantitative estimate of drug-likeness (QED) is 0.109. The molecule has 0 unspecified atom stereocenters. The molecule has 0 aliphatic carbocycles. The number of pyridine rings is 5. The minimum Gasteiger partial charge on any atom is -0.201 e. The molecule has 5 heteroatoms. The summed E-state index contributed by atoms with van der Waals surface area (Å²) in [7, 11) is 10.6. The molecule has 0 aliphatic heterocycles. The Labute approximate surface area is 532 Å². The summed E-state index contributed by atoms with van der Waals surface area (Å²) in [6.07, 6.45) is 15.4. The van der Waals surface area contributed by atoms with E-state index in [1.807, 2.05) is 0 Å². The van der Waals surface area contributed by atoms with Crippen LogP contribution in [0, 0.1) is 51.9 Å². The van der Waals surface area contributed by atoms with Crippen molar-refractivity contribution in [3.8, 4) is 56.3 Å². The Morgan fingerprint density at radius 2 is 0.648 bits per heavy atom. The van der Waals surface area contributed by atoms with Crippen LogP contribution in [0.25, 0.3) is 56.3 Å². The lowest BCUT2D eigenvalue weighted by atomic mass is 9.88. The lowest BCUT2D eigenvalue weighted by Crippen LogP contribution is -2.32. The zero-order valence-corrected chi connectivity index (χ0v) is 57.5. The van der Waals surface area contributed by atoms with Crippen LogP contribution in [0.3, 0.4) is 0 Å². The van der Waals surface area contributed by atoms with Crippen molar-refractivity contribution in [2.24, 2.45) is 52.5 Å². The van der Waals surface area contributed by atoms with Crippen LogP contribution in [-0.2, 0) is 60.9 Å². The van der Waals surface area contributed by atoms with Crippen LogP contribution in [0.5, 0.6) is 0 Å². The van der Waals surface area contributed by atoms with E-state index in [2.05, 4.69) is 375 Å². The van der Waals surface area contributed by atoms with E-state index in [0.29, 0.717) is 23.2 Å². The first-order chi connectivity index (χ1) is 41.8. The van der Waals surface area contributed by atoms with Gasteiger partial charge in [-0.3, -0.25) is 0 Å². The second-order valence-corrected chi connectivity index (χ2v) is 26.6. The van der Waals surface area contributed by atoms with Gasteiger partial charge in [-0.15, -0.1) is 0 Å². The molecule has 0 amide bonds. The molecule has 0 N–H and O–H groups in total. The third-order valence-corrected chi connectivity index (χ3v) is 16.2. The molecule has 5 aromatic carbocycles. The minimum absolute atomic E-state index is 0.331. The molecule has 88 heavy (non-hydrogen) atoms. The Kier molecular flexibility index (Phi) is 25.6. The zero-order valence-electron chi connectivity index (χ0n) is 57.5. The van der Waals surface area contributed by atoms with E-state index in [9.17, 15) is 0 Å². The van der Waals surface area contributed by atoms with Gasteiger partial charge in [-0.05, 0) is 170 Å². The van der Waals surface area contributed by atoms with Crippen LogP contribution < -0.4 is 22.8 Å². The molecule has 0 radical (unpaired) electrons. The van der Waals surface area contributed by atoms with Gasteiger partial charge in [0.05, 0.1) is 0 Å². The number of hydrogen-bond donors (Lipinski definition) is 0. The molecule has 458 valence electrons. The maximum atomic E-state index is 2.32. The maximum absolute atomic E-state index is 2.32. The summed E-state index contributed by atoms with van der Waals surface area (Å²) < 4.78 is 11.0. The van der Waals surface area contributed by atoms with Crippen molar-refractivity contribution in [1.29, 1.82) is 0 Å². The first-order valence-electron chi connectivity index (χ1n) is 32.1. The van der Waals surface area contributed by atoms with Gasteiger partial charge < -0.3 is 0 Å². The molecule has 0 fully saturated rings. The smallest absolute Gasteiger partial charge is 0.201 e. The number of nitrogens with zero attached hydrogens (tertiary/aromatic N) is 5. The second-order valence-electron chi connectivity index (χ2n) is 26.6. The lowest BCUT2D eigenvalue weighted by Gasteiger charge is -2.17. The average Bonchev–Trinajstić information content (AvgIpc) is 2.31. The minimum atomic E-state index is 0.331. The molecule has 10 rings (SSSR count). The monoisotopic (exact) mass is 1170 g/mol. The van der Waals surface area contributed by atoms with Gasteiger partial charge >= 0.3 is 0 Å². The molecular formula is C83H106N5+5. The molecule has 5 nitrogen and oxygen atoms in total. The predicted molar refractivity (Wildman–Crippen MR) is 373 cm³/mol. The Hall–Kier alpha value is -8.15. The van der Waals surface area contributed by atoms with E-state index in [1.54, 1.807) is 0 Å².